The van der Waals surface area contributed by atoms with Gasteiger partial charge in [-0.3, -0.25) is 4.79 Å². The Morgan fingerprint density at radius 3 is 2.81 bits per heavy atom. The van der Waals surface area contributed by atoms with Crippen molar-refractivity contribution in [2.75, 3.05) is 6.61 Å². The minimum absolute atomic E-state index is 0.143. The Morgan fingerprint density at radius 1 is 1.31 bits per heavy atom. The normalized spacial score (nSPS) is 12.2. The van der Waals surface area contributed by atoms with Crippen molar-refractivity contribution in [1.82, 2.24) is 15.3 Å². The smallest absolute Gasteiger partial charge is 0.258 e. The van der Waals surface area contributed by atoms with Crippen LogP contribution in [0.25, 0.3) is 10.2 Å². The van der Waals surface area contributed by atoms with Gasteiger partial charge in [0.15, 0.2) is 6.61 Å². The van der Waals surface area contributed by atoms with Crippen LogP contribution in [0, 0.1) is 13.8 Å². The maximum absolute atomic E-state index is 12.3. The van der Waals surface area contributed by atoms with Gasteiger partial charge < -0.3 is 10.1 Å². The summed E-state index contributed by atoms with van der Waals surface area (Å²) in [6.45, 7) is 5.73. The molecule has 2 aromatic heterocycles. The second kappa shape index (κ2) is 7.78. The number of carbonyl (C=O) groups excluding carboxylic acids is 1. The van der Waals surface area contributed by atoms with Crippen LogP contribution in [0.4, 0.5) is 0 Å². The van der Waals surface area contributed by atoms with Crippen LogP contribution in [0.5, 0.6) is 5.88 Å². The number of halogens is 2. The van der Waals surface area contributed by atoms with E-state index < -0.39 is 0 Å². The van der Waals surface area contributed by atoms with Crippen LogP contribution < -0.4 is 10.1 Å². The fourth-order valence-electron chi connectivity index (χ4n) is 2.61. The lowest BCUT2D eigenvalue weighted by molar-refractivity contribution is -0.123. The number of amides is 1. The van der Waals surface area contributed by atoms with Crippen LogP contribution >= 0.6 is 34.5 Å². The van der Waals surface area contributed by atoms with E-state index in [1.165, 1.54) is 6.33 Å². The van der Waals surface area contributed by atoms with Crippen molar-refractivity contribution in [2.24, 2.45) is 0 Å². The van der Waals surface area contributed by atoms with Crippen LogP contribution in [-0.2, 0) is 4.79 Å². The van der Waals surface area contributed by atoms with E-state index in [0.717, 1.165) is 26.2 Å². The predicted octanol–water partition coefficient (Wildman–Crippen LogP) is 4.87. The number of benzene rings is 1. The number of hydrogen-bond donors (Lipinski definition) is 1. The third-order valence-electron chi connectivity index (χ3n) is 4.08. The molecule has 0 saturated carbocycles. The zero-order valence-corrected chi connectivity index (χ0v) is 16.8. The first-order chi connectivity index (χ1) is 12.4. The van der Waals surface area contributed by atoms with E-state index in [1.807, 2.05) is 20.8 Å². The number of rotatable bonds is 5. The van der Waals surface area contributed by atoms with Crippen molar-refractivity contribution in [3.05, 3.63) is 50.6 Å². The number of carbonyl (C=O) groups is 1. The zero-order chi connectivity index (χ0) is 18.8. The van der Waals surface area contributed by atoms with Gasteiger partial charge in [-0.25, -0.2) is 9.97 Å². The number of nitrogens with zero attached hydrogens (tertiary/aromatic N) is 2. The van der Waals surface area contributed by atoms with E-state index in [-0.39, 0.29) is 18.6 Å². The molecule has 0 aliphatic rings. The summed E-state index contributed by atoms with van der Waals surface area (Å²) in [6, 6.07) is 4.91. The number of aryl methyl sites for hydroxylation is 2. The van der Waals surface area contributed by atoms with Gasteiger partial charge in [-0.2, -0.15) is 0 Å². The molecule has 5 nitrogen and oxygen atoms in total. The number of ether oxygens (including phenoxy) is 1. The van der Waals surface area contributed by atoms with Gasteiger partial charge in [-0.1, -0.05) is 29.3 Å². The van der Waals surface area contributed by atoms with Gasteiger partial charge in [0, 0.05) is 14.9 Å². The van der Waals surface area contributed by atoms with Gasteiger partial charge in [-0.15, -0.1) is 11.3 Å². The SMILES string of the molecule is Cc1sc2ncnc(OCC(=O)N[C@@H](C)c3ccc(Cl)cc3Cl)c2c1C. The molecular weight excluding hydrogens is 393 g/mol. The lowest BCUT2D eigenvalue weighted by Gasteiger charge is -2.16. The average molecular weight is 410 g/mol. The summed E-state index contributed by atoms with van der Waals surface area (Å²) in [7, 11) is 0. The molecule has 0 spiro atoms. The number of nitrogens with one attached hydrogen (secondary N) is 1. The molecule has 8 heteroatoms. The lowest BCUT2D eigenvalue weighted by Crippen LogP contribution is -2.31. The molecule has 0 unspecified atom stereocenters. The van der Waals surface area contributed by atoms with Crippen molar-refractivity contribution in [1.29, 1.82) is 0 Å². The van der Waals surface area contributed by atoms with Gasteiger partial charge in [0.25, 0.3) is 5.91 Å². The third-order valence-corrected chi connectivity index (χ3v) is 5.75. The van der Waals surface area contributed by atoms with Crippen molar-refractivity contribution in [3.8, 4) is 5.88 Å². The molecule has 2 heterocycles. The summed E-state index contributed by atoms with van der Waals surface area (Å²) >= 11 is 13.7. The quantitative estimate of drug-likeness (QED) is 0.652. The zero-order valence-electron chi connectivity index (χ0n) is 14.5. The molecule has 1 amide bonds. The van der Waals surface area contributed by atoms with Gasteiger partial charge >= 0.3 is 0 Å². The van der Waals surface area contributed by atoms with E-state index in [1.54, 1.807) is 29.5 Å². The fraction of sp³-hybridized carbons (Fsp3) is 0.278. The molecule has 1 atom stereocenters. The molecule has 26 heavy (non-hydrogen) atoms. The summed E-state index contributed by atoms with van der Waals surface area (Å²) in [5, 5.41) is 4.78. The molecule has 3 aromatic rings. The Morgan fingerprint density at radius 2 is 2.08 bits per heavy atom. The summed E-state index contributed by atoms with van der Waals surface area (Å²) in [6.07, 6.45) is 1.45. The van der Waals surface area contributed by atoms with E-state index in [9.17, 15) is 4.79 Å². The highest BCUT2D eigenvalue weighted by atomic mass is 35.5. The molecular formula is C18H17Cl2N3O2S. The average Bonchev–Trinajstić information content (AvgIpc) is 2.88. The molecule has 1 N–H and O–H groups in total. The van der Waals surface area contributed by atoms with Gasteiger partial charge in [-0.05, 0) is 44.0 Å². The molecule has 0 aliphatic heterocycles. The minimum atomic E-state index is -0.272. The minimum Gasteiger partial charge on any atom is -0.467 e. The second-order valence-corrected chi connectivity index (χ2v) is 7.93. The van der Waals surface area contributed by atoms with Crippen LogP contribution in [0.3, 0.4) is 0 Å². The summed E-state index contributed by atoms with van der Waals surface area (Å²) in [5.74, 6) is 0.157. The maximum atomic E-state index is 12.3. The number of thiophene rings is 1. The van der Waals surface area contributed by atoms with Crippen LogP contribution in [0.1, 0.15) is 29.0 Å². The largest absolute Gasteiger partial charge is 0.467 e. The monoisotopic (exact) mass is 409 g/mol. The second-order valence-electron chi connectivity index (χ2n) is 5.89. The summed E-state index contributed by atoms with van der Waals surface area (Å²) in [4.78, 5) is 22.7. The fourth-order valence-corrected chi connectivity index (χ4v) is 4.17. The van der Waals surface area contributed by atoms with Crippen LogP contribution in [0.2, 0.25) is 10.0 Å². The molecule has 0 bridgehead atoms. The van der Waals surface area contributed by atoms with Crippen molar-refractivity contribution < 1.29 is 9.53 Å². The molecule has 136 valence electrons. The van der Waals surface area contributed by atoms with Gasteiger partial charge in [0.1, 0.15) is 11.2 Å². The van der Waals surface area contributed by atoms with Gasteiger partial charge in [0.2, 0.25) is 5.88 Å². The van der Waals surface area contributed by atoms with Crippen LogP contribution in [-0.4, -0.2) is 22.5 Å². The molecule has 3 rings (SSSR count). The Balaban J connectivity index is 1.68. The maximum Gasteiger partial charge on any atom is 0.258 e. The number of hydrogen-bond acceptors (Lipinski definition) is 5. The molecule has 0 saturated heterocycles. The highest BCUT2D eigenvalue weighted by molar-refractivity contribution is 7.18. The molecule has 0 fully saturated rings. The van der Waals surface area contributed by atoms with E-state index in [4.69, 9.17) is 27.9 Å². The van der Waals surface area contributed by atoms with Crippen molar-refractivity contribution in [2.45, 2.75) is 26.8 Å². The highest BCUT2D eigenvalue weighted by Crippen LogP contribution is 2.33. The molecule has 0 radical (unpaired) electrons. The van der Waals surface area contributed by atoms with Crippen LogP contribution in [0.15, 0.2) is 24.5 Å². The first-order valence-corrected chi connectivity index (χ1v) is 9.52. The van der Waals surface area contributed by atoms with Crippen molar-refractivity contribution >= 4 is 50.7 Å². The molecule has 1 aromatic carbocycles. The van der Waals surface area contributed by atoms with Gasteiger partial charge in [0.05, 0.1) is 11.4 Å². The summed E-state index contributed by atoms with van der Waals surface area (Å²) in [5.41, 5.74) is 1.86. The first kappa shape index (κ1) is 18.9. The van der Waals surface area contributed by atoms with E-state index in [0.29, 0.717) is 15.9 Å². The molecule has 0 aliphatic carbocycles. The summed E-state index contributed by atoms with van der Waals surface area (Å²) < 4.78 is 5.65. The Kier molecular flexibility index (Phi) is 5.65. The Hall–Kier alpha value is -1.89. The lowest BCUT2D eigenvalue weighted by atomic mass is 10.1. The number of aromatic nitrogens is 2. The standard InChI is InChI=1S/C18H17Cl2N3O2S/c1-9-11(3)26-18-16(9)17(21-8-22-18)25-7-15(24)23-10(2)13-5-4-12(19)6-14(13)20/h4-6,8,10H,7H2,1-3H3,(H,23,24)/t10-/m0/s1. The van der Waals surface area contributed by atoms with Crippen molar-refractivity contribution in [3.63, 3.8) is 0 Å². The number of fused-ring (bicyclic) bond motifs is 1. The van der Waals surface area contributed by atoms with E-state index >= 15 is 0 Å². The predicted molar refractivity (Wildman–Crippen MR) is 105 cm³/mol. The Labute approximate surface area is 165 Å². The first-order valence-electron chi connectivity index (χ1n) is 7.94. The Bertz CT molecular complexity index is 974. The third kappa shape index (κ3) is 3.92. The van der Waals surface area contributed by atoms with E-state index in [2.05, 4.69) is 15.3 Å². The topological polar surface area (TPSA) is 64.1 Å². The highest BCUT2D eigenvalue weighted by Gasteiger charge is 2.16.